The Balaban J connectivity index is 0. The van der Waals surface area contributed by atoms with Crippen molar-refractivity contribution >= 4 is 0 Å². The highest BCUT2D eigenvalue weighted by molar-refractivity contribution is 5.20. The first-order chi connectivity index (χ1) is 7.07. The van der Waals surface area contributed by atoms with Crippen LogP contribution in [0.25, 0.3) is 0 Å². The van der Waals surface area contributed by atoms with Crippen LogP contribution in [0.2, 0.25) is 0 Å². The summed E-state index contributed by atoms with van der Waals surface area (Å²) in [5.41, 5.74) is 1.10. The topological polar surface area (TPSA) is 20.2 Å². The second-order valence-corrected chi connectivity index (χ2v) is 3.50. The number of aliphatic hydroxyl groups excluding tert-OH is 1. The minimum atomic E-state index is -0.210. The second-order valence-electron chi connectivity index (χ2n) is 3.50. The molecular formula is C14H26O. The predicted octanol–water partition coefficient (Wildman–Crippen LogP) is 4.11. The molecule has 0 saturated heterocycles. The van der Waals surface area contributed by atoms with E-state index < -0.39 is 0 Å². The fraction of sp³-hybridized carbons (Fsp3) is 0.571. The van der Waals surface area contributed by atoms with Gasteiger partial charge in [-0.25, -0.2) is 0 Å². The first kappa shape index (κ1) is 16.6. The zero-order chi connectivity index (χ0) is 12.3. The highest BCUT2D eigenvalue weighted by Gasteiger charge is 2.05. The van der Waals surface area contributed by atoms with Crippen LogP contribution in [0, 0.1) is 5.92 Å². The molecule has 0 fully saturated rings. The summed E-state index contributed by atoms with van der Waals surface area (Å²) in [6.07, 6.45) is 7.21. The van der Waals surface area contributed by atoms with Gasteiger partial charge in [-0.15, -0.1) is 0 Å². The first-order valence-electron chi connectivity index (χ1n) is 5.74. The molecule has 0 rings (SSSR count). The van der Waals surface area contributed by atoms with Crippen molar-refractivity contribution in [2.24, 2.45) is 5.92 Å². The summed E-state index contributed by atoms with van der Waals surface area (Å²) < 4.78 is 0. The predicted molar refractivity (Wildman–Crippen MR) is 69.9 cm³/mol. The normalized spacial score (nSPS) is 13.9. The molecule has 1 N–H and O–H groups in total. The highest BCUT2D eigenvalue weighted by atomic mass is 16.3. The molecule has 0 heterocycles. The zero-order valence-corrected chi connectivity index (χ0v) is 10.7. The van der Waals surface area contributed by atoms with E-state index >= 15 is 0 Å². The van der Waals surface area contributed by atoms with Crippen molar-refractivity contribution in [2.45, 2.75) is 46.6 Å². The third-order valence-electron chi connectivity index (χ3n) is 2.10. The Morgan fingerprint density at radius 3 is 2.20 bits per heavy atom. The molecule has 0 aromatic carbocycles. The van der Waals surface area contributed by atoms with Crippen LogP contribution < -0.4 is 0 Å². The Morgan fingerprint density at radius 2 is 1.80 bits per heavy atom. The van der Waals surface area contributed by atoms with Crippen molar-refractivity contribution in [1.82, 2.24) is 0 Å². The van der Waals surface area contributed by atoms with Crippen molar-refractivity contribution < 1.29 is 5.11 Å². The highest BCUT2D eigenvalue weighted by Crippen LogP contribution is 2.16. The molecule has 15 heavy (non-hydrogen) atoms. The summed E-state index contributed by atoms with van der Waals surface area (Å²) in [5.74, 6) is 0.436. The van der Waals surface area contributed by atoms with Crippen LogP contribution in [-0.2, 0) is 0 Å². The van der Waals surface area contributed by atoms with E-state index in [1.54, 1.807) is 6.08 Å². The molecule has 2 unspecified atom stereocenters. The summed E-state index contributed by atoms with van der Waals surface area (Å²) in [7, 11) is 0. The maximum atomic E-state index is 9.10. The summed E-state index contributed by atoms with van der Waals surface area (Å²) in [4.78, 5) is 0. The summed E-state index contributed by atoms with van der Waals surface area (Å²) >= 11 is 0. The first-order valence-corrected chi connectivity index (χ1v) is 5.74. The molecule has 2 atom stereocenters. The maximum absolute atomic E-state index is 9.10. The average Bonchev–Trinajstić information content (AvgIpc) is 2.25. The average molecular weight is 210 g/mol. The van der Waals surface area contributed by atoms with Gasteiger partial charge in [0.05, 0.1) is 6.10 Å². The van der Waals surface area contributed by atoms with Crippen LogP contribution in [0.5, 0.6) is 0 Å². The zero-order valence-electron chi connectivity index (χ0n) is 10.7. The molecule has 0 aromatic rings. The lowest BCUT2D eigenvalue weighted by Gasteiger charge is -2.12. The maximum Gasteiger partial charge on any atom is 0.0512 e. The molecule has 1 heteroatoms. The molecular weight excluding hydrogens is 184 g/mol. The Labute approximate surface area is 95.2 Å². The molecule has 0 amide bonds. The van der Waals surface area contributed by atoms with Gasteiger partial charge < -0.3 is 5.11 Å². The Hall–Kier alpha value is -0.820. The van der Waals surface area contributed by atoms with E-state index in [0.29, 0.717) is 5.92 Å². The van der Waals surface area contributed by atoms with Crippen LogP contribution in [0.1, 0.15) is 40.5 Å². The molecule has 0 spiro atoms. The van der Waals surface area contributed by atoms with Gasteiger partial charge in [-0.3, -0.25) is 0 Å². The third-order valence-corrected chi connectivity index (χ3v) is 2.10. The van der Waals surface area contributed by atoms with Crippen LogP contribution in [0.15, 0.2) is 37.0 Å². The lowest BCUT2D eigenvalue weighted by atomic mass is 9.95. The second kappa shape index (κ2) is 11.3. The van der Waals surface area contributed by atoms with Crippen LogP contribution in [-0.4, -0.2) is 11.2 Å². The van der Waals surface area contributed by atoms with Gasteiger partial charge >= 0.3 is 0 Å². The smallest absolute Gasteiger partial charge is 0.0512 e. The van der Waals surface area contributed by atoms with Gasteiger partial charge in [-0.05, 0) is 25.7 Å². The number of aliphatic hydroxyl groups is 1. The minimum absolute atomic E-state index is 0.210. The van der Waals surface area contributed by atoms with E-state index in [0.717, 1.165) is 18.4 Å². The Morgan fingerprint density at radius 1 is 1.27 bits per heavy atom. The van der Waals surface area contributed by atoms with Crippen LogP contribution >= 0.6 is 0 Å². The van der Waals surface area contributed by atoms with Crippen LogP contribution in [0.4, 0.5) is 0 Å². The molecule has 0 aliphatic rings. The van der Waals surface area contributed by atoms with Crippen molar-refractivity contribution in [1.29, 1.82) is 0 Å². The Bertz CT molecular complexity index is 190. The number of rotatable bonds is 6. The SMILES string of the molecule is C=C/C=C\C(=C)C(C)CCC(C)O.CC. The minimum Gasteiger partial charge on any atom is -0.393 e. The third kappa shape index (κ3) is 11.1. The fourth-order valence-electron chi connectivity index (χ4n) is 1.03. The van der Waals surface area contributed by atoms with Crippen molar-refractivity contribution in [2.75, 3.05) is 0 Å². The largest absolute Gasteiger partial charge is 0.393 e. The molecule has 0 aliphatic carbocycles. The molecule has 0 radical (unpaired) electrons. The van der Waals surface area contributed by atoms with E-state index in [1.807, 2.05) is 32.9 Å². The fourth-order valence-corrected chi connectivity index (χ4v) is 1.03. The Kier molecular flexibility index (Phi) is 12.5. The standard InChI is InChI=1S/C12H20O.C2H6/c1-5-6-7-10(2)11(3)8-9-12(4)13;1-2/h5-7,11-13H,1-2,8-9H2,3-4H3;1-2H3/b7-6-;. The lowest BCUT2D eigenvalue weighted by molar-refractivity contribution is 0.177. The van der Waals surface area contributed by atoms with E-state index in [-0.39, 0.29) is 6.10 Å². The molecule has 0 aliphatic heterocycles. The summed E-state index contributed by atoms with van der Waals surface area (Å²) in [6.45, 7) is 15.5. The van der Waals surface area contributed by atoms with Gasteiger partial charge in [0, 0.05) is 0 Å². The molecule has 0 bridgehead atoms. The van der Waals surface area contributed by atoms with Gasteiger partial charge in [0.2, 0.25) is 0 Å². The van der Waals surface area contributed by atoms with Gasteiger partial charge in [0.15, 0.2) is 0 Å². The van der Waals surface area contributed by atoms with E-state index in [1.165, 1.54) is 0 Å². The monoisotopic (exact) mass is 210 g/mol. The molecule has 0 aromatic heterocycles. The van der Waals surface area contributed by atoms with Gasteiger partial charge in [0.25, 0.3) is 0 Å². The van der Waals surface area contributed by atoms with Crippen molar-refractivity contribution in [3.05, 3.63) is 37.0 Å². The number of allylic oxidation sites excluding steroid dienone is 4. The van der Waals surface area contributed by atoms with Gasteiger partial charge in [0.1, 0.15) is 0 Å². The molecule has 0 saturated carbocycles. The molecule has 1 nitrogen and oxygen atoms in total. The van der Waals surface area contributed by atoms with E-state index in [9.17, 15) is 0 Å². The molecule has 88 valence electrons. The lowest BCUT2D eigenvalue weighted by Crippen LogP contribution is -2.04. The van der Waals surface area contributed by atoms with Gasteiger partial charge in [-0.1, -0.05) is 57.7 Å². The summed E-state index contributed by atoms with van der Waals surface area (Å²) in [6, 6.07) is 0. The number of hydrogen-bond donors (Lipinski definition) is 1. The van der Waals surface area contributed by atoms with Crippen molar-refractivity contribution in [3.63, 3.8) is 0 Å². The quantitative estimate of drug-likeness (QED) is 0.654. The van der Waals surface area contributed by atoms with Gasteiger partial charge in [-0.2, -0.15) is 0 Å². The van der Waals surface area contributed by atoms with Crippen LogP contribution in [0.3, 0.4) is 0 Å². The number of hydrogen-bond acceptors (Lipinski definition) is 1. The van der Waals surface area contributed by atoms with E-state index in [4.69, 9.17) is 5.11 Å². The van der Waals surface area contributed by atoms with E-state index in [2.05, 4.69) is 20.1 Å². The summed E-state index contributed by atoms with van der Waals surface area (Å²) in [5, 5.41) is 9.10. The van der Waals surface area contributed by atoms with Crippen molar-refractivity contribution in [3.8, 4) is 0 Å².